The van der Waals surface area contributed by atoms with E-state index in [4.69, 9.17) is 11.6 Å². The largest absolute Gasteiger partial charge is 0.378 e. The van der Waals surface area contributed by atoms with Crippen molar-refractivity contribution in [3.05, 3.63) is 47.1 Å². The summed E-state index contributed by atoms with van der Waals surface area (Å²) < 4.78 is 0. The number of benzene rings is 1. The Hall–Kier alpha value is -2.34. The summed E-state index contributed by atoms with van der Waals surface area (Å²) in [5, 5.41) is 8.44. The fourth-order valence-corrected chi connectivity index (χ4v) is 3.29. The van der Waals surface area contributed by atoms with Gasteiger partial charge in [0, 0.05) is 45.5 Å². The van der Waals surface area contributed by atoms with Crippen molar-refractivity contribution in [3.8, 4) is 0 Å². The molecule has 2 aromatic rings. The van der Waals surface area contributed by atoms with Crippen molar-refractivity contribution in [1.82, 2.24) is 15.1 Å². The molecule has 1 aliphatic heterocycles. The minimum absolute atomic E-state index is 0.163. The third-order valence-corrected chi connectivity index (χ3v) is 4.90. The van der Waals surface area contributed by atoms with Gasteiger partial charge in [-0.25, -0.2) is 0 Å². The molecule has 1 aliphatic rings. The highest BCUT2D eigenvalue weighted by atomic mass is 35.5. The molecule has 1 fully saturated rings. The Morgan fingerprint density at radius 2 is 1.88 bits per heavy atom. The summed E-state index contributed by atoms with van der Waals surface area (Å²) in [6.07, 6.45) is 0.432. The maximum atomic E-state index is 12.7. The Morgan fingerprint density at radius 1 is 1.15 bits per heavy atom. The van der Waals surface area contributed by atoms with Crippen LogP contribution >= 0.6 is 11.6 Å². The van der Waals surface area contributed by atoms with E-state index in [-0.39, 0.29) is 11.9 Å². The number of nitrogens with zero attached hydrogens (tertiary/aromatic N) is 5. The number of amides is 1. The first-order valence-electron chi connectivity index (χ1n) is 8.74. The van der Waals surface area contributed by atoms with Gasteiger partial charge in [-0.3, -0.25) is 4.79 Å². The molecule has 3 rings (SSSR count). The molecule has 1 aromatic heterocycles. The van der Waals surface area contributed by atoms with Crippen molar-refractivity contribution >= 4 is 29.0 Å². The molecule has 2 heterocycles. The maximum absolute atomic E-state index is 12.7. The number of piperazine rings is 1. The predicted octanol–water partition coefficient (Wildman–Crippen LogP) is 2.48. The van der Waals surface area contributed by atoms with E-state index in [1.807, 2.05) is 54.2 Å². The van der Waals surface area contributed by atoms with Gasteiger partial charge in [0.25, 0.3) is 0 Å². The summed E-state index contributed by atoms with van der Waals surface area (Å²) in [5.41, 5.74) is 2.17. The van der Waals surface area contributed by atoms with E-state index < -0.39 is 0 Å². The first kappa shape index (κ1) is 18.5. The molecule has 1 saturated heterocycles. The van der Waals surface area contributed by atoms with Crippen molar-refractivity contribution in [2.45, 2.75) is 19.4 Å². The summed E-state index contributed by atoms with van der Waals surface area (Å²) in [6, 6.07) is 11.9. The standard InChI is InChI=1S/C19H24ClN5O/c1-14-13-24(10-11-25(14)18-9-8-17(20)21-22-18)19(26)12-15-4-6-16(7-5-15)23(2)3/h4-9,14H,10-13H2,1-3H3/t14-/m0/s1. The molecule has 0 bridgehead atoms. The topological polar surface area (TPSA) is 52.6 Å². The molecule has 0 N–H and O–H groups in total. The number of anilines is 2. The molecule has 0 radical (unpaired) electrons. The van der Waals surface area contributed by atoms with Gasteiger partial charge in [0.05, 0.1) is 6.42 Å². The Bertz CT molecular complexity index is 748. The van der Waals surface area contributed by atoms with Crippen LogP contribution in [0.25, 0.3) is 0 Å². The van der Waals surface area contributed by atoms with Crippen LogP contribution in [0.4, 0.5) is 11.5 Å². The smallest absolute Gasteiger partial charge is 0.227 e. The summed E-state index contributed by atoms with van der Waals surface area (Å²) in [7, 11) is 4.01. The van der Waals surface area contributed by atoms with Gasteiger partial charge < -0.3 is 14.7 Å². The summed E-state index contributed by atoms with van der Waals surface area (Å²) in [5.74, 6) is 0.963. The van der Waals surface area contributed by atoms with E-state index in [9.17, 15) is 4.79 Å². The first-order chi connectivity index (χ1) is 12.4. The molecule has 0 saturated carbocycles. The molecule has 7 heteroatoms. The Labute approximate surface area is 159 Å². The second-order valence-corrected chi connectivity index (χ2v) is 7.22. The Morgan fingerprint density at radius 3 is 2.46 bits per heavy atom. The molecule has 26 heavy (non-hydrogen) atoms. The molecule has 1 atom stereocenters. The van der Waals surface area contributed by atoms with Crippen LogP contribution < -0.4 is 9.80 Å². The number of carbonyl (C=O) groups excluding carboxylic acids is 1. The number of hydrogen-bond acceptors (Lipinski definition) is 5. The SMILES string of the molecule is C[C@H]1CN(C(=O)Cc2ccc(N(C)C)cc2)CCN1c1ccc(Cl)nn1. The van der Waals surface area contributed by atoms with Gasteiger partial charge in [-0.1, -0.05) is 23.7 Å². The molecule has 1 amide bonds. The zero-order chi connectivity index (χ0) is 18.7. The van der Waals surface area contributed by atoms with Gasteiger partial charge in [-0.15, -0.1) is 10.2 Å². The quantitative estimate of drug-likeness (QED) is 0.824. The van der Waals surface area contributed by atoms with Gasteiger partial charge in [0.15, 0.2) is 11.0 Å². The van der Waals surface area contributed by atoms with E-state index in [1.54, 1.807) is 6.07 Å². The lowest BCUT2D eigenvalue weighted by Crippen LogP contribution is -2.54. The average Bonchev–Trinajstić information content (AvgIpc) is 2.63. The fourth-order valence-electron chi connectivity index (χ4n) is 3.19. The third kappa shape index (κ3) is 4.25. The monoisotopic (exact) mass is 373 g/mol. The molecular formula is C19H24ClN5O. The number of carbonyl (C=O) groups is 1. The number of rotatable bonds is 4. The van der Waals surface area contributed by atoms with Gasteiger partial charge in [-0.2, -0.15) is 0 Å². The molecule has 6 nitrogen and oxygen atoms in total. The van der Waals surface area contributed by atoms with Gasteiger partial charge in [0.1, 0.15) is 0 Å². The zero-order valence-electron chi connectivity index (χ0n) is 15.4. The summed E-state index contributed by atoms with van der Waals surface area (Å²) in [4.78, 5) is 18.8. The lowest BCUT2D eigenvalue weighted by molar-refractivity contribution is -0.131. The lowest BCUT2D eigenvalue weighted by Gasteiger charge is -2.40. The normalized spacial score (nSPS) is 17.3. The second-order valence-electron chi connectivity index (χ2n) is 6.83. The van der Waals surface area contributed by atoms with E-state index in [0.717, 1.165) is 23.6 Å². The van der Waals surface area contributed by atoms with Crippen molar-refractivity contribution in [2.24, 2.45) is 0 Å². The molecule has 1 aromatic carbocycles. The third-order valence-electron chi connectivity index (χ3n) is 4.70. The van der Waals surface area contributed by atoms with Crippen molar-refractivity contribution in [3.63, 3.8) is 0 Å². The molecular weight excluding hydrogens is 350 g/mol. The fraction of sp³-hybridized carbons (Fsp3) is 0.421. The zero-order valence-corrected chi connectivity index (χ0v) is 16.1. The molecule has 0 aliphatic carbocycles. The Kier molecular flexibility index (Phi) is 5.61. The van der Waals surface area contributed by atoms with Gasteiger partial charge in [0.2, 0.25) is 5.91 Å². The maximum Gasteiger partial charge on any atom is 0.227 e. The molecule has 0 unspecified atom stereocenters. The number of hydrogen-bond donors (Lipinski definition) is 0. The molecule has 138 valence electrons. The number of halogens is 1. The predicted molar refractivity (Wildman–Crippen MR) is 105 cm³/mol. The Balaban J connectivity index is 1.59. The van der Waals surface area contributed by atoms with E-state index >= 15 is 0 Å². The van der Waals surface area contributed by atoms with Crippen LogP contribution in [-0.4, -0.2) is 60.8 Å². The lowest BCUT2D eigenvalue weighted by atomic mass is 10.1. The van der Waals surface area contributed by atoms with E-state index in [2.05, 4.69) is 22.0 Å². The van der Waals surface area contributed by atoms with E-state index in [0.29, 0.717) is 24.7 Å². The minimum atomic E-state index is 0.163. The highest BCUT2D eigenvalue weighted by Crippen LogP contribution is 2.20. The average molecular weight is 374 g/mol. The second kappa shape index (κ2) is 7.91. The van der Waals surface area contributed by atoms with Crippen LogP contribution in [0.3, 0.4) is 0 Å². The van der Waals surface area contributed by atoms with Crippen molar-refractivity contribution in [2.75, 3.05) is 43.5 Å². The minimum Gasteiger partial charge on any atom is -0.378 e. The van der Waals surface area contributed by atoms with Crippen LogP contribution in [0.1, 0.15) is 12.5 Å². The van der Waals surface area contributed by atoms with Gasteiger partial charge >= 0.3 is 0 Å². The highest BCUT2D eigenvalue weighted by molar-refractivity contribution is 6.29. The van der Waals surface area contributed by atoms with Crippen LogP contribution in [0, 0.1) is 0 Å². The molecule has 0 spiro atoms. The van der Waals surface area contributed by atoms with Crippen LogP contribution in [0.2, 0.25) is 5.15 Å². The van der Waals surface area contributed by atoms with Gasteiger partial charge in [-0.05, 0) is 36.8 Å². The van der Waals surface area contributed by atoms with Crippen LogP contribution in [-0.2, 0) is 11.2 Å². The first-order valence-corrected chi connectivity index (χ1v) is 9.12. The highest BCUT2D eigenvalue weighted by Gasteiger charge is 2.27. The van der Waals surface area contributed by atoms with Crippen molar-refractivity contribution < 1.29 is 4.79 Å². The van der Waals surface area contributed by atoms with Crippen LogP contribution in [0.15, 0.2) is 36.4 Å². The summed E-state index contributed by atoms with van der Waals surface area (Å²) >= 11 is 5.81. The van der Waals surface area contributed by atoms with Crippen molar-refractivity contribution in [1.29, 1.82) is 0 Å². The van der Waals surface area contributed by atoms with E-state index in [1.165, 1.54) is 0 Å². The number of aromatic nitrogens is 2. The van der Waals surface area contributed by atoms with Crippen LogP contribution in [0.5, 0.6) is 0 Å². The summed E-state index contributed by atoms with van der Waals surface area (Å²) in [6.45, 7) is 4.20.